The molecule has 5 aliphatic rings. The number of rotatable bonds is 4. The van der Waals surface area contributed by atoms with Crippen molar-refractivity contribution >= 4 is 11.8 Å². The molecule has 5 rings (SSSR count). The topological polar surface area (TPSA) is 104 Å². The number of ketones is 1. The predicted octanol–water partition coefficient (Wildman–Crippen LogP) is 2.31. The fourth-order valence-corrected chi connectivity index (χ4v) is 7.40. The Morgan fingerprint density at radius 3 is 2.52 bits per heavy atom. The highest BCUT2D eigenvalue weighted by molar-refractivity contribution is 6.04. The van der Waals surface area contributed by atoms with Crippen molar-refractivity contribution in [3.63, 3.8) is 0 Å². The largest absolute Gasteiger partial charge is 0.458 e. The minimum atomic E-state index is -1.75. The number of carbonyl (C=O) groups is 2. The third-order valence-corrected chi connectivity index (χ3v) is 9.32. The maximum atomic E-state index is 12.9. The van der Waals surface area contributed by atoms with Crippen molar-refractivity contribution in [2.75, 3.05) is 6.61 Å². The van der Waals surface area contributed by atoms with Crippen LogP contribution < -0.4 is 0 Å². The van der Waals surface area contributed by atoms with Gasteiger partial charge in [-0.2, -0.15) is 0 Å². The fraction of sp³-hybridized carbons (Fsp3) is 0.760. The number of ether oxygens (including phenoxy) is 1. The van der Waals surface area contributed by atoms with Crippen molar-refractivity contribution in [2.45, 2.75) is 76.6 Å². The van der Waals surface area contributed by atoms with Crippen LogP contribution in [0.4, 0.5) is 0 Å². The zero-order valence-electron chi connectivity index (χ0n) is 18.9. The normalized spacial score (nSPS) is 47.4. The molecular formula is C25H34O6. The van der Waals surface area contributed by atoms with Crippen LogP contribution in [0.3, 0.4) is 0 Å². The Bertz CT molecular complexity index is 913. The number of carbonyl (C=O) groups excluding carboxylic acids is 2. The zero-order chi connectivity index (χ0) is 22.6. The van der Waals surface area contributed by atoms with Crippen LogP contribution in [0.5, 0.6) is 0 Å². The summed E-state index contributed by atoms with van der Waals surface area (Å²) < 4.78 is 6.19. The van der Waals surface area contributed by atoms with Crippen LogP contribution in [0.2, 0.25) is 0 Å². The Kier molecular flexibility index (Phi) is 4.34. The summed E-state index contributed by atoms with van der Waals surface area (Å²) in [5.41, 5.74) is -3.14. The number of hydrogen-bond acceptors (Lipinski definition) is 6. The van der Waals surface area contributed by atoms with E-state index in [1.165, 1.54) is 0 Å². The van der Waals surface area contributed by atoms with Crippen molar-refractivity contribution in [1.29, 1.82) is 0 Å². The van der Waals surface area contributed by atoms with Gasteiger partial charge in [0, 0.05) is 36.0 Å². The standard InChI is InChI=1S/C25H34O6/c1-13-7-18-23(29,21(13)28)11-16(12-26)8-17-20-22(3,4)24(20,10-14(2)25(17,18)30)31-19(27)9-15-5-6-15/h7-8,14-15,17-18,20,26,29-30H,5-6,9-12H2,1-4H3/t14-,17+,18-,20-,23-,24+,25-/m1/s1. The van der Waals surface area contributed by atoms with Crippen molar-refractivity contribution < 1.29 is 29.6 Å². The molecule has 3 fully saturated rings. The van der Waals surface area contributed by atoms with Crippen LogP contribution in [-0.4, -0.2) is 50.5 Å². The molecule has 7 atom stereocenters. The van der Waals surface area contributed by atoms with E-state index in [1.54, 1.807) is 13.0 Å². The molecule has 0 spiro atoms. The average Bonchev–Trinajstić information content (AvgIpc) is 3.56. The van der Waals surface area contributed by atoms with Crippen molar-refractivity contribution in [1.82, 2.24) is 0 Å². The van der Waals surface area contributed by atoms with Gasteiger partial charge in [-0.05, 0) is 49.2 Å². The second kappa shape index (κ2) is 6.30. The minimum absolute atomic E-state index is 0.00792. The quantitative estimate of drug-likeness (QED) is 0.467. The summed E-state index contributed by atoms with van der Waals surface area (Å²) in [5.74, 6) is -1.75. The summed E-state index contributed by atoms with van der Waals surface area (Å²) >= 11 is 0. The van der Waals surface area contributed by atoms with Gasteiger partial charge < -0.3 is 20.1 Å². The molecule has 0 radical (unpaired) electrons. The Morgan fingerprint density at radius 2 is 1.90 bits per heavy atom. The van der Waals surface area contributed by atoms with Crippen molar-refractivity contribution in [2.24, 2.45) is 35.0 Å². The van der Waals surface area contributed by atoms with Gasteiger partial charge in [-0.25, -0.2) is 0 Å². The van der Waals surface area contributed by atoms with Gasteiger partial charge in [0.2, 0.25) is 0 Å². The molecule has 170 valence electrons. The fourth-order valence-electron chi connectivity index (χ4n) is 7.40. The Morgan fingerprint density at radius 1 is 1.23 bits per heavy atom. The van der Waals surface area contributed by atoms with E-state index in [4.69, 9.17) is 4.74 Å². The average molecular weight is 431 g/mol. The second-order valence-electron chi connectivity index (χ2n) is 11.5. The molecule has 6 heteroatoms. The lowest BCUT2D eigenvalue weighted by molar-refractivity contribution is -0.187. The molecule has 0 unspecified atom stereocenters. The predicted molar refractivity (Wildman–Crippen MR) is 113 cm³/mol. The number of esters is 1. The first-order valence-electron chi connectivity index (χ1n) is 11.6. The lowest BCUT2D eigenvalue weighted by Gasteiger charge is -2.50. The van der Waals surface area contributed by atoms with Crippen LogP contribution in [-0.2, 0) is 14.3 Å². The van der Waals surface area contributed by atoms with Gasteiger partial charge in [-0.3, -0.25) is 9.59 Å². The molecular weight excluding hydrogens is 396 g/mol. The zero-order valence-corrected chi connectivity index (χ0v) is 18.9. The van der Waals surface area contributed by atoms with Crippen LogP contribution in [0.25, 0.3) is 0 Å². The molecule has 0 bridgehead atoms. The molecule has 5 aliphatic carbocycles. The van der Waals surface area contributed by atoms with Crippen LogP contribution in [0.1, 0.15) is 59.8 Å². The highest BCUT2D eigenvalue weighted by Crippen LogP contribution is 2.76. The van der Waals surface area contributed by atoms with E-state index in [0.717, 1.165) is 12.8 Å². The Hall–Kier alpha value is -1.50. The summed E-state index contributed by atoms with van der Waals surface area (Å²) in [7, 11) is 0. The van der Waals surface area contributed by atoms with Gasteiger partial charge in [0.05, 0.1) is 12.2 Å². The Balaban J connectivity index is 1.58. The second-order valence-corrected chi connectivity index (χ2v) is 11.5. The SMILES string of the molecule is CC1=C[C@H]2[C@@]3(O)[C@H](C)C[C@]4(OC(=O)CC5CC5)[C@H]([C@@H]3C=C(CO)C[C@]2(O)C1=O)C4(C)C. The maximum Gasteiger partial charge on any atom is 0.306 e. The maximum absolute atomic E-state index is 12.9. The van der Waals surface area contributed by atoms with Crippen molar-refractivity contribution in [3.8, 4) is 0 Å². The molecule has 6 nitrogen and oxygen atoms in total. The van der Waals surface area contributed by atoms with E-state index >= 15 is 0 Å². The lowest BCUT2D eigenvalue weighted by Crippen LogP contribution is -2.61. The van der Waals surface area contributed by atoms with Crippen LogP contribution in [0, 0.1) is 35.0 Å². The smallest absolute Gasteiger partial charge is 0.306 e. The highest BCUT2D eigenvalue weighted by atomic mass is 16.6. The number of aliphatic hydroxyl groups excluding tert-OH is 1. The summed E-state index contributed by atoms with van der Waals surface area (Å²) in [6.07, 6.45) is 6.70. The highest BCUT2D eigenvalue weighted by Gasteiger charge is 2.83. The lowest BCUT2D eigenvalue weighted by atomic mass is 9.60. The van der Waals surface area contributed by atoms with E-state index in [9.17, 15) is 24.9 Å². The molecule has 0 heterocycles. The summed E-state index contributed by atoms with van der Waals surface area (Å²) in [5, 5.41) is 33.7. The molecule has 0 aliphatic heterocycles. The molecule has 0 amide bonds. The van der Waals surface area contributed by atoms with Gasteiger partial charge in [-0.1, -0.05) is 32.9 Å². The summed E-state index contributed by atoms with van der Waals surface area (Å²) in [6, 6.07) is 0. The van der Waals surface area contributed by atoms with Crippen LogP contribution in [0.15, 0.2) is 23.3 Å². The minimum Gasteiger partial charge on any atom is -0.458 e. The number of fused-ring (bicyclic) bond motifs is 5. The molecule has 31 heavy (non-hydrogen) atoms. The van der Waals surface area contributed by atoms with E-state index in [-0.39, 0.29) is 42.0 Å². The third-order valence-electron chi connectivity index (χ3n) is 9.32. The van der Waals surface area contributed by atoms with E-state index in [1.807, 2.05) is 13.0 Å². The van der Waals surface area contributed by atoms with Gasteiger partial charge in [0.1, 0.15) is 11.2 Å². The summed E-state index contributed by atoms with van der Waals surface area (Å²) in [6.45, 7) is 7.46. The van der Waals surface area contributed by atoms with Gasteiger partial charge in [0.25, 0.3) is 0 Å². The monoisotopic (exact) mass is 430 g/mol. The molecule has 3 N–H and O–H groups in total. The number of hydrogen-bond donors (Lipinski definition) is 3. The molecule has 0 aromatic carbocycles. The molecule has 3 saturated carbocycles. The first kappa shape index (κ1) is 21.4. The number of aliphatic hydroxyl groups is 3. The number of Topliss-reactive ketones (excluding diaryl/α,β-unsaturated/α-hetero) is 1. The van der Waals surface area contributed by atoms with Gasteiger partial charge >= 0.3 is 5.97 Å². The molecule has 0 saturated heterocycles. The first-order valence-corrected chi connectivity index (χ1v) is 11.6. The van der Waals surface area contributed by atoms with Gasteiger partial charge in [-0.15, -0.1) is 0 Å². The Labute approximate surface area is 183 Å². The van der Waals surface area contributed by atoms with E-state index in [0.29, 0.717) is 29.9 Å². The van der Waals surface area contributed by atoms with E-state index in [2.05, 4.69) is 13.8 Å². The van der Waals surface area contributed by atoms with E-state index < -0.39 is 28.6 Å². The van der Waals surface area contributed by atoms with Crippen molar-refractivity contribution in [3.05, 3.63) is 23.3 Å². The summed E-state index contributed by atoms with van der Waals surface area (Å²) in [4.78, 5) is 25.6. The first-order chi connectivity index (χ1) is 14.4. The molecule has 0 aromatic rings. The third kappa shape index (κ3) is 2.61. The van der Waals surface area contributed by atoms with Gasteiger partial charge in [0.15, 0.2) is 5.78 Å². The molecule has 0 aromatic heterocycles. The van der Waals surface area contributed by atoms with Crippen LogP contribution >= 0.6 is 0 Å².